The first-order valence-electron chi connectivity index (χ1n) is 9.03. The van der Waals surface area contributed by atoms with Crippen LogP contribution in [-0.4, -0.2) is 41.0 Å². The van der Waals surface area contributed by atoms with Gasteiger partial charge in [-0.25, -0.2) is 14.6 Å². The molecule has 3 aromatic rings. The van der Waals surface area contributed by atoms with Crippen LogP contribution in [0, 0.1) is 10.1 Å². The molecule has 12 heteroatoms. The summed E-state index contributed by atoms with van der Waals surface area (Å²) < 4.78 is 1.44. The number of nitro groups is 1. The van der Waals surface area contributed by atoms with Crippen LogP contribution in [0.2, 0.25) is 0 Å². The molecule has 152 valence electrons. The third-order valence-electron chi connectivity index (χ3n) is 4.44. The van der Waals surface area contributed by atoms with Gasteiger partial charge in [-0.05, 0) is 53.1 Å². The van der Waals surface area contributed by atoms with Gasteiger partial charge in [-0.3, -0.25) is 14.9 Å². The van der Waals surface area contributed by atoms with E-state index in [1.807, 2.05) is 0 Å². The molecule has 1 N–H and O–H groups in total. The number of hydrogen-bond donors (Lipinski definition) is 1. The lowest BCUT2D eigenvalue weighted by Gasteiger charge is -2.09. The summed E-state index contributed by atoms with van der Waals surface area (Å²) in [5.74, 6) is 0.125. The van der Waals surface area contributed by atoms with Crippen LogP contribution in [0.1, 0.15) is 35.4 Å². The quantitative estimate of drug-likeness (QED) is 0.467. The summed E-state index contributed by atoms with van der Waals surface area (Å²) in [7, 11) is 1.66. The predicted octanol–water partition coefficient (Wildman–Crippen LogP) is 2.88. The Labute approximate surface area is 174 Å². The minimum Gasteiger partial charge on any atom is -0.319 e. The van der Waals surface area contributed by atoms with Crippen LogP contribution in [0.25, 0.3) is 5.57 Å². The number of non-ortho nitro benzene ring substituents is 1. The fourth-order valence-corrected chi connectivity index (χ4v) is 3.78. The Kier molecular flexibility index (Phi) is 5.48. The fourth-order valence-electron chi connectivity index (χ4n) is 2.93. The van der Waals surface area contributed by atoms with Gasteiger partial charge in [0.05, 0.1) is 28.6 Å². The molecule has 4 rings (SSSR count). The van der Waals surface area contributed by atoms with E-state index in [-0.39, 0.29) is 11.3 Å². The SMILES string of the molecule is Cn1nnnc1Sc1ccc([N+](=O)[O-])cc1C(=O)Nc1cnc(C2=CCCC2)nc1. The zero-order valence-electron chi connectivity index (χ0n) is 15.8. The van der Waals surface area contributed by atoms with Gasteiger partial charge in [0.15, 0.2) is 5.82 Å². The second kappa shape index (κ2) is 8.37. The van der Waals surface area contributed by atoms with Crippen molar-refractivity contribution in [1.29, 1.82) is 0 Å². The van der Waals surface area contributed by atoms with Crippen LogP contribution in [0.15, 0.2) is 46.7 Å². The van der Waals surface area contributed by atoms with E-state index in [0.717, 1.165) is 36.6 Å². The van der Waals surface area contributed by atoms with Gasteiger partial charge in [-0.15, -0.1) is 5.10 Å². The van der Waals surface area contributed by atoms with E-state index in [2.05, 4.69) is 36.9 Å². The van der Waals surface area contributed by atoms with Gasteiger partial charge in [0.25, 0.3) is 11.6 Å². The van der Waals surface area contributed by atoms with Crippen LogP contribution in [0.4, 0.5) is 11.4 Å². The number of nitro benzene ring substituents is 1. The molecule has 0 spiro atoms. The maximum atomic E-state index is 12.9. The molecule has 11 nitrogen and oxygen atoms in total. The first-order chi connectivity index (χ1) is 14.5. The Morgan fingerprint density at radius 2 is 2.10 bits per heavy atom. The molecule has 1 aliphatic rings. The van der Waals surface area contributed by atoms with Gasteiger partial charge in [0.1, 0.15) is 0 Å². The predicted molar refractivity (Wildman–Crippen MR) is 108 cm³/mol. The molecule has 1 aliphatic carbocycles. The minimum atomic E-state index is -0.553. The smallest absolute Gasteiger partial charge is 0.270 e. The second-order valence-electron chi connectivity index (χ2n) is 6.50. The molecule has 0 saturated heterocycles. The van der Waals surface area contributed by atoms with E-state index in [4.69, 9.17) is 0 Å². The first kappa shape index (κ1) is 19.6. The Hall–Kier alpha value is -3.67. The second-order valence-corrected chi connectivity index (χ2v) is 7.50. The highest BCUT2D eigenvalue weighted by molar-refractivity contribution is 7.99. The largest absolute Gasteiger partial charge is 0.319 e. The maximum absolute atomic E-state index is 12.9. The van der Waals surface area contributed by atoms with Crippen LogP contribution < -0.4 is 5.32 Å². The number of allylic oxidation sites excluding steroid dienone is 2. The lowest BCUT2D eigenvalue weighted by Crippen LogP contribution is -2.14. The van der Waals surface area contributed by atoms with Crippen LogP contribution in [0.3, 0.4) is 0 Å². The molecule has 2 aromatic heterocycles. The van der Waals surface area contributed by atoms with Crippen LogP contribution in [0.5, 0.6) is 0 Å². The normalized spacial score (nSPS) is 13.2. The standard InChI is InChI=1S/C18H16N8O3S/c1-25-18(22-23-24-25)30-15-7-6-13(26(28)29)8-14(15)17(27)21-12-9-19-16(20-10-12)11-4-2-3-5-11/h4,6-10H,2-3,5H2,1H3,(H,21,27). The van der Waals surface area contributed by atoms with Crippen molar-refractivity contribution in [2.75, 3.05) is 5.32 Å². The molecule has 0 unspecified atom stereocenters. The Balaban J connectivity index is 1.59. The third kappa shape index (κ3) is 4.17. The Morgan fingerprint density at radius 3 is 2.73 bits per heavy atom. The van der Waals surface area contributed by atoms with E-state index in [1.165, 1.54) is 35.3 Å². The number of aryl methyl sites for hydroxylation is 1. The number of rotatable bonds is 6. The number of anilines is 1. The number of nitrogens with zero attached hydrogens (tertiary/aromatic N) is 7. The Morgan fingerprint density at radius 1 is 1.30 bits per heavy atom. The number of tetrazole rings is 1. The summed E-state index contributed by atoms with van der Waals surface area (Å²) in [6.07, 6.45) is 8.21. The molecule has 0 aliphatic heterocycles. The van der Waals surface area contributed by atoms with Crippen molar-refractivity contribution < 1.29 is 9.72 Å². The zero-order chi connectivity index (χ0) is 21.1. The van der Waals surface area contributed by atoms with E-state index in [9.17, 15) is 14.9 Å². The number of aromatic nitrogens is 6. The average molecular weight is 424 g/mol. The highest BCUT2D eigenvalue weighted by Crippen LogP contribution is 2.31. The molecular formula is C18H16N8O3S. The van der Waals surface area contributed by atoms with E-state index in [0.29, 0.717) is 21.6 Å². The fraction of sp³-hybridized carbons (Fsp3) is 0.222. The van der Waals surface area contributed by atoms with Gasteiger partial charge in [-0.2, -0.15) is 0 Å². The lowest BCUT2D eigenvalue weighted by atomic mass is 10.2. The van der Waals surface area contributed by atoms with Gasteiger partial charge in [-0.1, -0.05) is 6.08 Å². The van der Waals surface area contributed by atoms with Crippen molar-refractivity contribution in [2.45, 2.75) is 29.3 Å². The molecule has 0 bridgehead atoms. The number of benzene rings is 1. The first-order valence-corrected chi connectivity index (χ1v) is 9.84. The molecule has 1 amide bonds. The van der Waals surface area contributed by atoms with Crippen LogP contribution in [-0.2, 0) is 7.05 Å². The number of hydrogen-bond acceptors (Lipinski definition) is 9. The number of amides is 1. The zero-order valence-corrected chi connectivity index (χ0v) is 16.7. The number of carbonyl (C=O) groups excluding carboxylic acids is 1. The van der Waals surface area contributed by atoms with Gasteiger partial charge in [0, 0.05) is 24.1 Å². The average Bonchev–Trinajstić information content (AvgIpc) is 3.41. The summed E-state index contributed by atoms with van der Waals surface area (Å²) in [6.45, 7) is 0. The molecule has 30 heavy (non-hydrogen) atoms. The van der Waals surface area contributed by atoms with Crippen molar-refractivity contribution >= 4 is 34.6 Å². The molecule has 2 heterocycles. The Bertz CT molecular complexity index is 1140. The van der Waals surface area contributed by atoms with E-state index in [1.54, 1.807) is 7.05 Å². The van der Waals surface area contributed by atoms with Gasteiger partial charge >= 0.3 is 0 Å². The summed E-state index contributed by atoms with van der Waals surface area (Å²) in [5.41, 5.74) is 1.42. The highest BCUT2D eigenvalue weighted by Gasteiger charge is 2.20. The summed E-state index contributed by atoms with van der Waals surface area (Å²) in [5, 5.41) is 25.5. The van der Waals surface area contributed by atoms with Crippen LogP contribution >= 0.6 is 11.8 Å². The number of nitrogens with one attached hydrogen (secondary N) is 1. The molecule has 1 aromatic carbocycles. The van der Waals surface area contributed by atoms with Crippen molar-refractivity contribution in [2.24, 2.45) is 7.05 Å². The van der Waals surface area contributed by atoms with Crippen molar-refractivity contribution in [3.05, 3.63) is 58.2 Å². The molecule has 0 atom stereocenters. The van der Waals surface area contributed by atoms with Crippen molar-refractivity contribution in [1.82, 2.24) is 30.2 Å². The molecule has 0 saturated carbocycles. The van der Waals surface area contributed by atoms with E-state index < -0.39 is 10.8 Å². The maximum Gasteiger partial charge on any atom is 0.270 e. The topological polar surface area (TPSA) is 142 Å². The van der Waals surface area contributed by atoms with Gasteiger partial charge in [0.2, 0.25) is 5.16 Å². The lowest BCUT2D eigenvalue weighted by molar-refractivity contribution is -0.384. The van der Waals surface area contributed by atoms with Crippen molar-refractivity contribution in [3.8, 4) is 0 Å². The third-order valence-corrected chi connectivity index (χ3v) is 5.54. The highest BCUT2D eigenvalue weighted by atomic mass is 32.2. The monoisotopic (exact) mass is 424 g/mol. The summed E-state index contributed by atoms with van der Waals surface area (Å²) in [6, 6.07) is 4.05. The minimum absolute atomic E-state index is 0.125. The molecular weight excluding hydrogens is 408 g/mol. The number of carbonyl (C=O) groups is 1. The summed E-state index contributed by atoms with van der Waals surface area (Å²) in [4.78, 5) is 32.6. The molecule has 0 radical (unpaired) electrons. The van der Waals surface area contributed by atoms with Gasteiger partial charge < -0.3 is 5.32 Å². The molecule has 0 fully saturated rings. The van der Waals surface area contributed by atoms with E-state index >= 15 is 0 Å². The summed E-state index contributed by atoms with van der Waals surface area (Å²) >= 11 is 1.13. The van der Waals surface area contributed by atoms with Crippen molar-refractivity contribution in [3.63, 3.8) is 0 Å².